The molecule has 0 radical (unpaired) electrons. The zero-order valence-corrected chi connectivity index (χ0v) is 33.8. The molecule has 1 amide bonds. The fraction of sp³-hybridized carbons (Fsp3) is 0.643. The van der Waals surface area contributed by atoms with Crippen LogP contribution in [0.25, 0.3) is 0 Å². The van der Waals surface area contributed by atoms with Crippen LogP contribution < -0.4 is 14.4 Å². The molecule has 0 aromatic heterocycles. The molecule has 4 heterocycles. The molecular weight excluding hydrogens is 708 g/mol. The number of carbonyl (C=O) groups is 1. The molecule has 0 spiro atoms. The van der Waals surface area contributed by atoms with E-state index in [2.05, 4.69) is 64.5 Å². The first-order chi connectivity index (χ1) is 25.6. The Hall–Kier alpha value is -2.47. The maximum absolute atomic E-state index is 13.6. The number of carbonyl (C=O) groups excluding carboxylic acids is 1. The number of morpholine rings is 1. The van der Waals surface area contributed by atoms with Crippen molar-refractivity contribution >= 4 is 34.2 Å². The van der Waals surface area contributed by atoms with Crippen LogP contribution in [-0.4, -0.2) is 109 Å². The molecular formula is C42H59ClN4O5S. The summed E-state index contributed by atoms with van der Waals surface area (Å²) in [6.45, 7) is 16.2. The van der Waals surface area contributed by atoms with E-state index in [0.29, 0.717) is 30.0 Å². The number of amides is 1. The summed E-state index contributed by atoms with van der Waals surface area (Å²) in [4.78, 5) is 21.3. The molecule has 2 aromatic carbocycles. The fourth-order valence-corrected chi connectivity index (χ4v) is 10.6. The van der Waals surface area contributed by atoms with Gasteiger partial charge in [0, 0.05) is 75.5 Å². The van der Waals surface area contributed by atoms with E-state index in [9.17, 15) is 9.00 Å². The van der Waals surface area contributed by atoms with Crippen molar-refractivity contribution in [2.75, 3.05) is 71.0 Å². The molecule has 4 aliphatic heterocycles. The van der Waals surface area contributed by atoms with Crippen LogP contribution >= 0.6 is 11.6 Å². The molecule has 2 aromatic rings. The van der Waals surface area contributed by atoms with E-state index < -0.39 is 16.6 Å². The van der Waals surface area contributed by atoms with Crippen molar-refractivity contribution in [3.8, 4) is 5.75 Å². The van der Waals surface area contributed by atoms with Gasteiger partial charge in [0.05, 0.1) is 30.3 Å². The third kappa shape index (κ3) is 8.38. The molecule has 11 heteroatoms. The van der Waals surface area contributed by atoms with E-state index in [0.717, 1.165) is 101 Å². The number of ether oxygens (including phenoxy) is 3. The van der Waals surface area contributed by atoms with E-state index in [-0.39, 0.29) is 29.1 Å². The van der Waals surface area contributed by atoms with Crippen LogP contribution in [0.4, 0.5) is 5.69 Å². The van der Waals surface area contributed by atoms with Crippen molar-refractivity contribution in [3.63, 3.8) is 0 Å². The number of benzene rings is 2. The number of nitrogens with one attached hydrogen (secondary N) is 1. The Morgan fingerprint density at radius 2 is 1.89 bits per heavy atom. The highest BCUT2D eigenvalue weighted by Crippen LogP contribution is 2.47. The lowest BCUT2D eigenvalue weighted by atomic mass is 9.63. The predicted molar refractivity (Wildman–Crippen MR) is 213 cm³/mol. The van der Waals surface area contributed by atoms with Crippen LogP contribution in [0.15, 0.2) is 48.6 Å². The molecule has 5 aliphatic rings. The fourth-order valence-electron chi connectivity index (χ4n) is 9.38. The first-order valence-electron chi connectivity index (χ1n) is 19.9. The van der Waals surface area contributed by atoms with Gasteiger partial charge in [-0.05, 0) is 98.7 Å². The van der Waals surface area contributed by atoms with Crippen molar-refractivity contribution in [2.24, 2.45) is 17.8 Å². The number of hydrogen-bond acceptors (Lipinski definition) is 8. The molecule has 9 atom stereocenters. The highest BCUT2D eigenvalue weighted by atomic mass is 35.5. The van der Waals surface area contributed by atoms with Gasteiger partial charge >= 0.3 is 0 Å². The largest absolute Gasteiger partial charge is 0.491 e. The summed E-state index contributed by atoms with van der Waals surface area (Å²) in [5, 5.41) is 0.523. The third-order valence-corrected chi connectivity index (χ3v) is 14.6. The second-order valence-corrected chi connectivity index (χ2v) is 18.3. The minimum absolute atomic E-state index is 0.0929. The average Bonchev–Trinajstić information content (AvgIpc) is 3.31. The molecule has 2 saturated heterocycles. The molecule has 1 aliphatic carbocycles. The first kappa shape index (κ1) is 38.8. The summed E-state index contributed by atoms with van der Waals surface area (Å²) in [5.74, 6) is 1.34. The highest BCUT2D eigenvalue weighted by molar-refractivity contribution is 7.84. The summed E-state index contributed by atoms with van der Waals surface area (Å²) in [7, 11) is 0.343. The van der Waals surface area contributed by atoms with Gasteiger partial charge in [0.25, 0.3) is 5.91 Å². The molecule has 290 valence electrons. The van der Waals surface area contributed by atoms with E-state index in [1.165, 1.54) is 11.1 Å². The summed E-state index contributed by atoms with van der Waals surface area (Å²) >= 11 is 6.51. The maximum Gasteiger partial charge on any atom is 0.263 e. The zero-order valence-electron chi connectivity index (χ0n) is 32.2. The summed E-state index contributed by atoms with van der Waals surface area (Å²) in [6.07, 6.45) is 9.81. The normalized spacial score (nSPS) is 34.8. The van der Waals surface area contributed by atoms with Gasteiger partial charge in [-0.3, -0.25) is 19.3 Å². The highest BCUT2D eigenvalue weighted by Gasteiger charge is 2.49. The standard InChI is InChI=1S/C42H59ClN4O5S/c1-6-8-31-19-35(43)12-13-37(31)34-23-47-22-33-10-14-38(33)42(50-5,27-45-17-18-46-21-29(3)51-26-36(46)24-45)16-7-9-28(2)30(4)53(49)44-41(48)32-11-15-40(52-25-34)39(47)20-32/h7,11-13,15-16,19-20,28-30,33-34,36,38H,6,8-10,14,17-18,21-27H2,1-5H3,(H,44,48)/b16-7+/t28?,29?,30?,33?,34?,36?,38?,42-,53?/m1/s1. The van der Waals surface area contributed by atoms with Gasteiger partial charge in [0.2, 0.25) is 0 Å². The molecule has 7 rings (SSSR count). The van der Waals surface area contributed by atoms with Crippen LogP contribution in [0.2, 0.25) is 5.02 Å². The number of aryl methyl sites for hydroxylation is 1. The number of halogens is 1. The van der Waals surface area contributed by atoms with Gasteiger partial charge in [-0.15, -0.1) is 0 Å². The topological polar surface area (TPSA) is 83.6 Å². The minimum atomic E-state index is -1.55. The lowest BCUT2D eigenvalue weighted by molar-refractivity contribution is -0.117. The van der Waals surface area contributed by atoms with Crippen LogP contribution in [0, 0.1) is 17.8 Å². The van der Waals surface area contributed by atoms with E-state index in [4.69, 9.17) is 25.8 Å². The van der Waals surface area contributed by atoms with Crippen LogP contribution in [0.1, 0.15) is 80.8 Å². The van der Waals surface area contributed by atoms with Gasteiger partial charge in [-0.2, -0.15) is 0 Å². The van der Waals surface area contributed by atoms with Crippen molar-refractivity contribution in [1.82, 2.24) is 14.5 Å². The minimum Gasteiger partial charge on any atom is -0.491 e. The Balaban J connectivity index is 1.24. The average molecular weight is 767 g/mol. The SMILES string of the molecule is CCCc1cc(Cl)ccc1C1COc2ccc3cc2N(C1)CC1CCC1[C@@](CN1CCN2CC(C)OCC2C1)(OC)/C=C/CC(C)C(C)S(=O)NC3=O. The molecule has 8 unspecified atom stereocenters. The monoisotopic (exact) mass is 766 g/mol. The lowest BCUT2D eigenvalue weighted by Gasteiger charge is -2.53. The number of fused-ring (bicyclic) bond motifs is 3. The first-order valence-corrected chi connectivity index (χ1v) is 21.5. The molecule has 1 N–H and O–H groups in total. The third-order valence-electron chi connectivity index (χ3n) is 12.9. The number of hydrogen-bond donors (Lipinski definition) is 1. The zero-order chi connectivity index (χ0) is 37.3. The predicted octanol–water partition coefficient (Wildman–Crippen LogP) is 6.47. The second-order valence-electron chi connectivity index (χ2n) is 16.4. The molecule has 2 bridgehead atoms. The molecule has 53 heavy (non-hydrogen) atoms. The van der Waals surface area contributed by atoms with Crippen LogP contribution in [0.3, 0.4) is 0 Å². The smallest absolute Gasteiger partial charge is 0.263 e. The number of anilines is 1. The van der Waals surface area contributed by atoms with Gasteiger partial charge in [0.1, 0.15) is 22.3 Å². The molecule has 9 nitrogen and oxygen atoms in total. The van der Waals surface area contributed by atoms with Crippen molar-refractivity contribution in [2.45, 2.75) is 88.7 Å². The molecule has 3 fully saturated rings. The lowest BCUT2D eigenvalue weighted by Crippen LogP contribution is -2.63. The van der Waals surface area contributed by atoms with Crippen LogP contribution in [0.5, 0.6) is 5.75 Å². The second kappa shape index (κ2) is 16.7. The Morgan fingerprint density at radius 1 is 1.04 bits per heavy atom. The van der Waals surface area contributed by atoms with Crippen LogP contribution in [-0.2, 0) is 26.9 Å². The van der Waals surface area contributed by atoms with Crippen molar-refractivity contribution in [3.05, 3.63) is 70.3 Å². The van der Waals surface area contributed by atoms with Crippen molar-refractivity contribution < 1.29 is 23.2 Å². The van der Waals surface area contributed by atoms with Gasteiger partial charge in [-0.25, -0.2) is 4.21 Å². The van der Waals surface area contributed by atoms with E-state index in [1.807, 2.05) is 32.2 Å². The number of piperazine rings is 1. The Morgan fingerprint density at radius 3 is 2.66 bits per heavy atom. The number of rotatable bonds is 6. The molecule has 1 saturated carbocycles. The van der Waals surface area contributed by atoms with Gasteiger partial charge in [0.15, 0.2) is 0 Å². The van der Waals surface area contributed by atoms with Gasteiger partial charge in [-0.1, -0.05) is 50.1 Å². The number of nitrogens with zero attached hydrogens (tertiary/aromatic N) is 3. The van der Waals surface area contributed by atoms with E-state index >= 15 is 0 Å². The van der Waals surface area contributed by atoms with Crippen molar-refractivity contribution in [1.29, 1.82) is 0 Å². The number of methoxy groups -OCH3 is 1. The van der Waals surface area contributed by atoms with E-state index in [1.54, 1.807) is 6.07 Å². The summed E-state index contributed by atoms with van der Waals surface area (Å²) in [5.41, 5.74) is 3.47. The Kier molecular flexibility index (Phi) is 12.2. The Labute approximate surface area is 324 Å². The summed E-state index contributed by atoms with van der Waals surface area (Å²) in [6, 6.07) is 12.3. The quantitative estimate of drug-likeness (QED) is 0.336. The Bertz CT molecular complexity index is 1680. The maximum atomic E-state index is 13.6. The number of allylic oxidation sites excluding steroid dienone is 1. The summed E-state index contributed by atoms with van der Waals surface area (Å²) < 4.78 is 35.8. The van der Waals surface area contributed by atoms with Gasteiger partial charge < -0.3 is 19.1 Å².